The van der Waals surface area contributed by atoms with Crippen LogP contribution in [0.25, 0.3) is 0 Å². The van der Waals surface area contributed by atoms with Crippen molar-refractivity contribution in [2.45, 2.75) is 20.0 Å². The summed E-state index contributed by atoms with van der Waals surface area (Å²) in [6.45, 7) is 3.52. The van der Waals surface area contributed by atoms with Gasteiger partial charge in [-0.05, 0) is 0 Å². The van der Waals surface area contributed by atoms with Crippen molar-refractivity contribution in [1.82, 2.24) is 0 Å². The Balaban J connectivity index is 2.83. The second kappa shape index (κ2) is 3.67. The van der Waals surface area contributed by atoms with Crippen LogP contribution in [0.3, 0.4) is 0 Å². The van der Waals surface area contributed by atoms with Crippen molar-refractivity contribution in [3.63, 3.8) is 0 Å². The molecule has 1 aliphatic rings. The van der Waals surface area contributed by atoms with Crippen LogP contribution in [-0.2, 0) is 23.8 Å². The van der Waals surface area contributed by atoms with Crippen LogP contribution in [0.1, 0.15) is 13.8 Å². The number of carbonyl (C=O) groups excluding carboxylic acids is 1. The standard InChI is InChI=1S/C7H11ClO5S/c1-7(2)3-12-6(9)5(7)13-14(10,11)4-8/h5H,3-4H2,1-2H3/t5-/m0/s1. The zero-order valence-electron chi connectivity index (χ0n) is 7.82. The van der Waals surface area contributed by atoms with E-state index in [9.17, 15) is 13.2 Å². The van der Waals surface area contributed by atoms with Gasteiger partial charge >= 0.3 is 5.97 Å². The first-order valence-corrected chi connectivity index (χ1v) is 6.03. The fourth-order valence-corrected chi connectivity index (χ4v) is 1.91. The van der Waals surface area contributed by atoms with Gasteiger partial charge in [-0.15, -0.1) is 11.6 Å². The molecule has 0 N–H and O–H groups in total. The molecule has 1 heterocycles. The molecule has 0 aliphatic carbocycles. The molecule has 0 amide bonds. The molecule has 0 radical (unpaired) electrons. The van der Waals surface area contributed by atoms with Crippen LogP contribution >= 0.6 is 11.6 Å². The highest BCUT2D eigenvalue weighted by Gasteiger charge is 2.47. The van der Waals surface area contributed by atoms with Gasteiger partial charge in [-0.2, -0.15) is 8.42 Å². The molecular formula is C7H11ClO5S. The normalized spacial score (nSPS) is 26.2. The van der Waals surface area contributed by atoms with Crippen LogP contribution in [0, 0.1) is 5.41 Å². The Morgan fingerprint density at radius 3 is 2.57 bits per heavy atom. The molecule has 1 fully saturated rings. The molecule has 0 aromatic rings. The molecule has 1 aliphatic heterocycles. The minimum atomic E-state index is -3.84. The number of ether oxygens (including phenoxy) is 1. The van der Waals surface area contributed by atoms with Crippen LogP contribution in [0.4, 0.5) is 0 Å². The maximum absolute atomic E-state index is 11.1. The average Bonchev–Trinajstić information content (AvgIpc) is 2.32. The predicted octanol–water partition coefficient (Wildman–Crippen LogP) is 0.481. The van der Waals surface area contributed by atoms with E-state index in [2.05, 4.69) is 4.18 Å². The van der Waals surface area contributed by atoms with Gasteiger partial charge < -0.3 is 4.74 Å². The third-order valence-corrected chi connectivity index (χ3v) is 3.44. The Hall–Kier alpha value is -0.330. The lowest BCUT2D eigenvalue weighted by atomic mass is 9.90. The summed E-state index contributed by atoms with van der Waals surface area (Å²) < 4.78 is 31.4. The lowest BCUT2D eigenvalue weighted by Crippen LogP contribution is -2.35. The van der Waals surface area contributed by atoms with Crippen molar-refractivity contribution in [2.24, 2.45) is 5.41 Å². The second-order valence-corrected chi connectivity index (χ2v) is 5.92. The first-order valence-electron chi connectivity index (χ1n) is 3.92. The number of cyclic esters (lactones) is 1. The highest BCUT2D eigenvalue weighted by molar-refractivity contribution is 7.87. The Morgan fingerprint density at radius 2 is 2.21 bits per heavy atom. The molecule has 1 rings (SSSR count). The van der Waals surface area contributed by atoms with Crippen LogP contribution < -0.4 is 0 Å². The van der Waals surface area contributed by atoms with Crippen LogP contribution in [0.2, 0.25) is 0 Å². The maximum atomic E-state index is 11.1. The number of esters is 1. The Morgan fingerprint density at radius 1 is 1.64 bits per heavy atom. The molecule has 0 bridgehead atoms. The zero-order valence-corrected chi connectivity index (χ0v) is 9.39. The van der Waals surface area contributed by atoms with Gasteiger partial charge in [-0.25, -0.2) is 4.79 Å². The van der Waals surface area contributed by atoms with E-state index >= 15 is 0 Å². The lowest BCUT2D eigenvalue weighted by molar-refractivity contribution is -0.143. The van der Waals surface area contributed by atoms with Gasteiger partial charge in [0.1, 0.15) is 5.21 Å². The van der Waals surface area contributed by atoms with E-state index in [-0.39, 0.29) is 6.61 Å². The van der Waals surface area contributed by atoms with E-state index in [1.165, 1.54) is 0 Å². The quantitative estimate of drug-likeness (QED) is 0.409. The number of alkyl halides is 1. The molecule has 5 nitrogen and oxygen atoms in total. The van der Waals surface area contributed by atoms with Gasteiger partial charge in [0.15, 0.2) is 6.10 Å². The summed E-state index contributed by atoms with van der Waals surface area (Å²) in [5, 5.41) is -0.674. The number of hydrogen-bond donors (Lipinski definition) is 0. The molecule has 0 spiro atoms. The van der Waals surface area contributed by atoms with Crippen molar-refractivity contribution in [2.75, 3.05) is 11.8 Å². The van der Waals surface area contributed by atoms with E-state index in [0.29, 0.717) is 0 Å². The number of halogens is 1. The smallest absolute Gasteiger partial charge is 0.337 e. The van der Waals surface area contributed by atoms with Gasteiger partial charge in [-0.3, -0.25) is 4.18 Å². The van der Waals surface area contributed by atoms with Crippen molar-refractivity contribution in [3.8, 4) is 0 Å². The Kier molecular flexibility index (Phi) is 3.08. The molecule has 0 aromatic carbocycles. The van der Waals surface area contributed by atoms with Crippen molar-refractivity contribution in [3.05, 3.63) is 0 Å². The number of hydrogen-bond acceptors (Lipinski definition) is 5. The second-order valence-electron chi connectivity index (χ2n) is 3.74. The largest absolute Gasteiger partial charge is 0.463 e. The third kappa shape index (κ3) is 2.37. The van der Waals surface area contributed by atoms with Crippen LogP contribution in [0.5, 0.6) is 0 Å². The van der Waals surface area contributed by atoms with E-state index < -0.39 is 32.8 Å². The lowest BCUT2D eigenvalue weighted by Gasteiger charge is -2.20. The summed E-state index contributed by atoms with van der Waals surface area (Å²) in [6.07, 6.45) is -1.09. The molecule has 1 atom stereocenters. The van der Waals surface area contributed by atoms with E-state index in [1.807, 2.05) is 0 Å². The summed E-state index contributed by atoms with van der Waals surface area (Å²) >= 11 is 5.15. The van der Waals surface area contributed by atoms with Crippen molar-refractivity contribution in [1.29, 1.82) is 0 Å². The molecule has 0 unspecified atom stereocenters. The topological polar surface area (TPSA) is 69.7 Å². The molecule has 14 heavy (non-hydrogen) atoms. The molecular weight excluding hydrogens is 232 g/mol. The Labute approximate surface area is 87.4 Å². The van der Waals surface area contributed by atoms with E-state index in [4.69, 9.17) is 16.3 Å². The van der Waals surface area contributed by atoms with Gasteiger partial charge in [0.25, 0.3) is 10.1 Å². The van der Waals surface area contributed by atoms with Gasteiger partial charge in [-0.1, -0.05) is 13.8 Å². The molecule has 82 valence electrons. The maximum Gasteiger partial charge on any atom is 0.337 e. The van der Waals surface area contributed by atoms with Gasteiger partial charge in [0, 0.05) is 5.41 Å². The van der Waals surface area contributed by atoms with Gasteiger partial charge in [0.2, 0.25) is 0 Å². The summed E-state index contributed by atoms with van der Waals surface area (Å²) in [6, 6.07) is 0. The highest BCUT2D eigenvalue weighted by Crippen LogP contribution is 2.32. The highest BCUT2D eigenvalue weighted by atomic mass is 35.5. The summed E-state index contributed by atoms with van der Waals surface area (Å²) in [5.41, 5.74) is -0.643. The Bertz CT molecular complexity index is 334. The van der Waals surface area contributed by atoms with Crippen LogP contribution in [-0.4, -0.2) is 32.3 Å². The first kappa shape index (κ1) is 11.7. The zero-order chi connectivity index (χ0) is 11.0. The summed E-state index contributed by atoms with van der Waals surface area (Å²) in [4.78, 5) is 11.1. The number of rotatable bonds is 3. The van der Waals surface area contributed by atoms with E-state index in [0.717, 1.165) is 0 Å². The SMILES string of the molecule is CC1(C)COC(=O)[C@@H]1OS(=O)(=O)CCl. The molecule has 0 aromatic heterocycles. The minimum absolute atomic E-state index is 0.147. The number of carbonyl (C=O) groups is 1. The fourth-order valence-electron chi connectivity index (χ4n) is 1.07. The molecule has 1 saturated heterocycles. The van der Waals surface area contributed by atoms with Gasteiger partial charge in [0.05, 0.1) is 6.61 Å². The monoisotopic (exact) mass is 242 g/mol. The van der Waals surface area contributed by atoms with Crippen LogP contribution in [0.15, 0.2) is 0 Å². The fraction of sp³-hybridized carbons (Fsp3) is 0.857. The first-order chi connectivity index (χ1) is 6.28. The summed E-state index contributed by atoms with van der Waals surface area (Å²) in [7, 11) is -3.84. The molecule has 0 saturated carbocycles. The molecule has 7 heteroatoms. The minimum Gasteiger partial charge on any atom is -0.463 e. The van der Waals surface area contributed by atoms with E-state index in [1.54, 1.807) is 13.8 Å². The predicted molar refractivity (Wildman–Crippen MR) is 49.3 cm³/mol. The average molecular weight is 243 g/mol. The third-order valence-electron chi connectivity index (χ3n) is 1.89. The van der Waals surface area contributed by atoms with Crippen molar-refractivity contribution < 1.29 is 22.1 Å². The summed E-state index contributed by atoms with van der Waals surface area (Å²) in [5.74, 6) is -0.663. The van der Waals surface area contributed by atoms with Crippen molar-refractivity contribution >= 4 is 27.7 Å².